The van der Waals surface area contributed by atoms with Crippen LogP contribution >= 0.6 is 11.6 Å². The third-order valence-corrected chi connectivity index (χ3v) is 3.53. The summed E-state index contributed by atoms with van der Waals surface area (Å²) in [6.45, 7) is 5.16. The Morgan fingerprint density at radius 1 is 1.37 bits per heavy atom. The molecule has 0 unspecified atom stereocenters. The van der Waals surface area contributed by atoms with Gasteiger partial charge < -0.3 is 9.64 Å². The highest BCUT2D eigenvalue weighted by atomic mass is 35.5. The number of carbonyl (C=O) groups excluding carboxylic acids is 1. The SMILES string of the molecule is CCN(CC)C(=O)OC1=CCCc2ccc(Cl)cc21. The molecule has 0 saturated carbocycles. The summed E-state index contributed by atoms with van der Waals surface area (Å²) >= 11 is 6.02. The van der Waals surface area contributed by atoms with Gasteiger partial charge in [-0.25, -0.2) is 4.79 Å². The van der Waals surface area contributed by atoms with Gasteiger partial charge in [0.25, 0.3) is 0 Å². The number of allylic oxidation sites excluding steroid dienone is 1. The summed E-state index contributed by atoms with van der Waals surface area (Å²) in [6.07, 6.45) is 3.50. The summed E-state index contributed by atoms with van der Waals surface area (Å²) < 4.78 is 5.51. The van der Waals surface area contributed by atoms with Crippen molar-refractivity contribution >= 4 is 23.5 Å². The third-order valence-electron chi connectivity index (χ3n) is 3.30. The number of benzene rings is 1. The van der Waals surface area contributed by atoms with Crippen molar-refractivity contribution in [2.24, 2.45) is 0 Å². The molecule has 1 aromatic rings. The summed E-state index contributed by atoms with van der Waals surface area (Å²) in [5, 5.41) is 0.658. The predicted octanol–water partition coefficient (Wildman–Crippen LogP) is 4.11. The monoisotopic (exact) mass is 279 g/mol. The van der Waals surface area contributed by atoms with Crippen molar-refractivity contribution in [2.75, 3.05) is 13.1 Å². The Balaban J connectivity index is 2.20. The van der Waals surface area contributed by atoms with Crippen molar-refractivity contribution in [3.63, 3.8) is 0 Å². The number of hydrogen-bond donors (Lipinski definition) is 0. The number of halogens is 1. The van der Waals surface area contributed by atoms with E-state index in [0.717, 1.165) is 18.4 Å². The maximum Gasteiger partial charge on any atom is 0.415 e. The van der Waals surface area contributed by atoms with Crippen molar-refractivity contribution < 1.29 is 9.53 Å². The molecule has 0 radical (unpaired) electrons. The van der Waals surface area contributed by atoms with Gasteiger partial charge in [-0.1, -0.05) is 17.7 Å². The van der Waals surface area contributed by atoms with Gasteiger partial charge in [0.2, 0.25) is 0 Å². The molecule has 0 heterocycles. The van der Waals surface area contributed by atoms with E-state index < -0.39 is 0 Å². The second-order valence-corrected chi connectivity index (χ2v) is 4.89. The van der Waals surface area contributed by atoms with E-state index >= 15 is 0 Å². The average molecular weight is 280 g/mol. The van der Waals surface area contributed by atoms with Crippen molar-refractivity contribution in [1.29, 1.82) is 0 Å². The fraction of sp³-hybridized carbons (Fsp3) is 0.400. The number of ether oxygens (including phenoxy) is 1. The van der Waals surface area contributed by atoms with Gasteiger partial charge in [-0.05, 0) is 50.5 Å². The van der Waals surface area contributed by atoms with E-state index in [0.29, 0.717) is 23.9 Å². The minimum absolute atomic E-state index is 0.302. The topological polar surface area (TPSA) is 29.5 Å². The Hall–Kier alpha value is -1.48. The second kappa shape index (κ2) is 6.11. The first kappa shape index (κ1) is 13.9. The Labute approximate surface area is 118 Å². The highest BCUT2D eigenvalue weighted by molar-refractivity contribution is 6.30. The van der Waals surface area contributed by atoms with Crippen molar-refractivity contribution in [1.82, 2.24) is 4.90 Å². The van der Waals surface area contributed by atoms with Crippen molar-refractivity contribution in [3.8, 4) is 0 Å². The number of nitrogens with zero attached hydrogens (tertiary/aromatic N) is 1. The van der Waals surface area contributed by atoms with E-state index in [1.54, 1.807) is 4.90 Å². The zero-order valence-electron chi connectivity index (χ0n) is 11.3. The van der Waals surface area contributed by atoms with Gasteiger partial charge in [0, 0.05) is 23.7 Å². The lowest BCUT2D eigenvalue weighted by Gasteiger charge is -2.22. The second-order valence-electron chi connectivity index (χ2n) is 4.45. The fourth-order valence-electron chi connectivity index (χ4n) is 2.20. The van der Waals surface area contributed by atoms with Crippen LogP contribution in [0.5, 0.6) is 0 Å². The third kappa shape index (κ3) is 3.10. The lowest BCUT2D eigenvalue weighted by atomic mass is 9.96. The molecular weight excluding hydrogens is 262 g/mol. The smallest absolute Gasteiger partial charge is 0.410 e. The number of amides is 1. The predicted molar refractivity (Wildman–Crippen MR) is 77.2 cm³/mol. The number of carbonyl (C=O) groups is 1. The quantitative estimate of drug-likeness (QED) is 0.833. The molecule has 2 rings (SSSR count). The number of hydrogen-bond acceptors (Lipinski definition) is 2. The first-order chi connectivity index (χ1) is 9.15. The summed E-state index contributed by atoms with van der Waals surface area (Å²) in [4.78, 5) is 13.7. The maximum atomic E-state index is 12.0. The van der Waals surface area contributed by atoms with Crippen LogP contribution in [0, 0.1) is 0 Å². The molecule has 1 aromatic carbocycles. The highest BCUT2D eigenvalue weighted by Crippen LogP contribution is 2.30. The first-order valence-electron chi connectivity index (χ1n) is 6.61. The van der Waals surface area contributed by atoms with Crippen molar-refractivity contribution in [2.45, 2.75) is 26.7 Å². The molecule has 4 heteroatoms. The van der Waals surface area contributed by atoms with Crippen LogP contribution in [-0.2, 0) is 11.2 Å². The zero-order chi connectivity index (χ0) is 13.8. The molecule has 19 heavy (non-hydrogen) atoms. The van der Waals surface area contributed by atoms with E-state index in [2.05, 4.69) is 0 Å². The maximum absolute atomic E-state index is 12.0. The summed E-state index contributed by atoms with van der Waals surface area (Å²) in [5.41, 5.74) is 2.11. The normalized spacial score (nSPS) is 13.5. The lowest BCUT2D eigenvalue weighted by Crippen LogP contribution is -2.31. The van der Waals surface area contributed by atoms with Gasteiger partial charge >= 0.3 is 6.09 Å². The molecular formula is C15H18ClNO2. The molecule has 0 saturated heterocycles. The van der Waals surface area contributed by atoms with E-state index in [9.17, 15) is 4.79 Å². The van der Waals surface area contributed by atoms with E-state index in [1.165, 1.54) is 5.56 Å². The molecule has 1 amide bonds. The Morgan fingerprint density at radius 3 is 2.79 bits per heavy atom. The molecule has 0 N–H and O–H groups in total. The fourth-order valence-corrected chi connectivity index (χ4v) is 2.37. The molecule has 0 fully saturated rings. The van der Waals surface area contributed by atoms with Crippen LogP contribution in [0.3, 0.4) is 0 Å². The molecule has 3 nitrogen and oxygen atoms in total. The molecule has 0 bridgehead atoms. The van der Waals surface area contributed by atoms with Crippen LogP contribution in [0.2, 0.25) is 5.02 Å². The van der Waals surface area contributed by atoms with Crippen LogP contribution < -0.4 is 0 Å². The van der Waals surface area contributed by atoms with Gasteiger partial charge in [0.15, 0.2) is 0 Å². The van der Waals surface area contributed by atoms with Gasteiger partial charge in [0.1, 0.15) is 5.76 Å². The summed E-state index contributed by atoms with van der Waals surface area (Å²) in [7, 11) is 0. The van der Waals surface area contributed by atoms with Crippen LogP contribution in [0.25, 0.3) is 5.76 Å². The van der Waals surface area contributed by atoms with E-state index in [1.807, 2.05) is 38.1 Å². The van der Waals surface area contributed by atoms with E-state index in [4.69, 9.17) is 16.3 Å². The van der Waals surface area contributed by atoms with Gasteiger partial charge in [-0.15, -0.1) is 0 Å². The van der Waals surface area contributed by atoms with Crippen LogP contribution in [0.1, 0.15) is 31.4 Å². The Morgan fingerprint density at radius 2 is 2.11 bits per heavy atom. The minimum atomic E-state index is -0.302. The first-order valence-corrected chi connectivity index (χ1v) is 6.99. The zero-order valence-corrected chi connectivity index (χ0v) is 12.0. The van der Waals surface area contributed by atoms with Gasteiger partial charge in [-0.2, -0.15) is 0 Å². The van der Waals surface area contributed by atoms with E-state index in [-0.39, 0.29) is 6.09 Å². The molecule has 1 aliphatic rings. The average Bonchev–Trinajstić information content (AvgIpc) is 2.41. The molecule has 1 aliphatic carbocycles. The van der Waals surface area contributed by atoms with Gasteiger partial charge in [-0.3, -0.25) is 0 Å². The largest absolute Gasteiger partial charge is 0.415 e. The molecule has 102 valence electrons. The minimum Gasteiger partial charge on any atom is -0.410 e. The Bertz CT molecular complexity index is 507. The van der Waals surface area contributed by atoms with Gasteiger partial charge in [0.05, 0.1) is 0 Å². The summed E-state index contributed by atoms with van der Waals surface area (Å²) in [6, 6.07) is 5.73. The Kier molecular flexibility index (Phi) is 4.48. The lowest BCUT2D eigenvalue weighted by molar-refractivity contribution is 0.148. The number of aryl methyl sites for hydroxylation is 1. The molecule has 0 spiro atoms. The summed E-state index contributed by atoms with van der Waals surface area (Å²) in [5.74, 6) is 0.626. The standard InChI is InChI=1S/C15H18ClNO2/c1-3-17(4-2)15(18)19-14-7-5-6-11-8-9-12(16)10-13(11)14/h7-10H,3-6H2,1-2H3. The van der Waals surface area contributed by atoms with Crippen molar-refractivity contribution in [3.05, 3.63) is 40.4 Å². The molecule has 0 aliphatic heterocycles. The van der Waals surface area contributed by atoms with Crippen LogP contribution in [0.4, 0.5) is 4.79 Å². The number of rotatable bonds is 3. The molecule has 0 atom stereocenters. The van der Waals surface area contributed by atoms with Crippen LogP contribution in [0.15, 0.2) is 24.3 Å². The highest BCUT2D eigenvalue weighted by Gasteiger charge is 2.19. The molecule has 0 aromatic heterocycles. The number of fused-ring (bicyclic) bond motifs is 1. The van der Waals surface area contributed by atoms with Crippen LogP contribution in [-0.4, -0.2) is 24.1 Å².